The average molecular weight is 1290 g/mol. The van der Waals surface area contributed by atoms with Crippen LogP contribution in [0.3, 0.4) is 0 Å². The van der Waals surface area contributed by atoms with Crippen LogP contribution in [0.15, 0.2) is 171 Å². The summed E-state index contributed by atoms with van der Waals surface area (Å²) in [6.07, 6.45) is 12.4. The Bertz CT molecular complexity index is 4380. The minimum atomic E-state index is -0.581. The van der Waals surface area contributed by atoms with Crippen LogP contribution in [0.5, 0.6) is 0 Å². The lowest BCUT2D eigenvalue weighted by Crippen LogP contribution is -2.47. The van der Waals surface area contributed by atoms with Crippen molar-refractivity contribution < 1.29 is 28.0 Å². The molecule has 13 rings (SSSR count). The molecule has 10 heterocycles. The van der Waals surface area contributed by atoms with Gasteiger partial charge in [-0.1, -0.05) is 102 Å². The number of pyridine rings is 5. The number of hydrazine groups is 4. The Morgan fingerprint density at radius 2 is 1.01 bits per heavy atom. The summed E-state index contributed by atoms with van der Waals surface area (Å²) in [5.41, 5.74) is 8.07. The molecule has 5 fully saturated rings. The number of fused-ring (bicyclic) bond motifs is 1. The minimum absolute atomic E-state index is 0.0165. The molecule has 5 saturated heterocycles. The molecule has 0 radical (unpaired) electrons. The zero-order valence-corrected chi connectivity index (χ0v) is 54.8. The number of nitrogens with zero attached hydrogens (tertiary/aromatic N) is 12. The maximum absolute atomic E-state index is 13.5. The molecule has 5 aliphatic heterocycles. The fourth-order valence-corrected chi connectivity index (χ4v) is 11.3. The molecular weight excluding hydrogens is 1220 g/mol. The third-order valence-electron chi connectivity index (χ3n) is 16.0. The average Bonchev–Trinajstić information content (AvgIpc) is 1.66. The Morgan fingerprint density at radius 3 is 1.51 bits per heavy atom. The van der Waals surface area contributed by atoms with Gasteiger partial charge in [-0.15, -0.1) is 0 Å². The van der Waals surface area contributed by atoms with E-state index < -0.39 is 11.6 Å². The van der Waals surface area contributed by atoms with Crippen molar-refractivity contribution in [3.63, 3.8) is 0 Å². The van der Waals surface area contributed by atoms with E-state index in [9.17, 15) is 28.0 Å². The number of amides is 4. The van der Waals surface area contributed by atoms with E-state index in [0.29, 0.717) is 65.7 Å². The van der Waals surface area contributed by atoms with Crippen molar-refractivity contribution >= 4 is 58.5 Å². The van der Waals surface area contributed by atoms with Crippen LogP contribution in [0.4, 0.5) is 32.1 Å². The smallest absolute Gasteiger partial charge is 0.244 e. The number of hydrogen-bond donors (Lipinski definition) is 1. The van der Waals surface area contributed by atoms with Gasteiger partial charge >= 0.3 is 0 Å². The van der Waals surface area contributed by atoms with Crippen molar-refractivity contribution in [1.82, 2.24) is 45.4 Å². The number of hydrogen-bond acceptors (Lipinski definition) is 13. The van der Waals surface area contributed by atoms with E-state index in [2.05, 4.69) is 102 Å². The van der Waals surface area contributed by atoms with Gasteiger partial charge in [-0.3, -0.25) is 19.2 Å². The van der Waals surface area contributed by atoms with Crippen molar-refractivity contribution in [2.45, 2.75) is 110 Å². The number of anilines is 4. The first kappa shape index (κ1) is 67.4. The second-order valence-corrected chi connectivity index (χ2v) is 25.1. The third kappa shape index (κ3) is 17.0. The molecule has 95 heavy (non-hydrogen) atoms. The predicted molar refractivity (Wildman–Crippen MR) is 363 cm³/mol. The lowest BCUT2D eigenvalue weighted by Gasteiger charge is -2.34. The maximum atomic E-state index is 13.5. The quantitative estimate of drug-likeness (QED) is 0.128. The highest BCUT2D eigenvalue weighted by Crippen LogP contribution is 2.35. The van der Waals surface area contributed by atoms with Crippen molar-refractivity contribution in [1.29, 1.82) is 0 Å². The molecule has 0 spiro atoms. The van der Waals surface area contributed by atoms with E-state index in [1.165, 1.54) is 11.2 Å². The molecule has 5 aliphatic rings. The highest BCUT2D eigenvalue weighted by Gasteiger charge is 2.45. The second-order valence-electron chi connectivity index (χ2n) is 24.7. The Morgan fingerprint density at radius 1 is 0.516 bits per heavy atom. The Balaban J connectivity index is 0.000000138. The summed E-state index contributed by atoms with van der Waals surface area (Å²) in [7, 11) is 1.90. The van der Waals surface area contributed by atoms with Gasteiger partial charge < -0.3 is 0 Å². The van der Waals surface area contributed by atoms with Crippen LogP contribution in [0.2, 0.25) is 5.15 Å². The van der Waals surface area contributed by atoms with Crippen LogP contribution in [0.25, 0.3) is 0 Å². The number of aromatic nitrogens is 5. The van der Waals surface area contributed by atoms with E-state index in [1.54, 1.807) is 70.1 Å². The normalized spacial score (nSPS) is 17.4. The molecule has 0 saturated carbocycles. The van der Waals surface area contributed by atoms with Crippen molar-refractivity contribution in [3.8, 4) is 47.4 Å². The van der Waals surface area contributed by atoms with Gasteiger partial charge in [0.25, 0.3) is 0 Å². The molecule has 4 amide bonds. The van der Waals surface area contributed by atoms with E-state index in [0.717, 1.165) is 77.5 Å². The lowest BCUT2D eigenvalue weighted by atomic mass is 10.0. The number of benzene rings is 3. The number of carbonyl (C=O) groups is 4. The highest BCUT2D eigenvalue weighted by atomic mass is 35.5. The van der Waals surface area contributed by atoms with Crippen LogP contribution in [-0.4, -0.2) is 106 Å². The van der Waals surface area contributed by atoms with Gasteiger partial charge in [-0.25, -0.2) is 74.2 Å². The van der Waals surface area contributed by atoms with Crippen molar-refractivity contribution in [2.24, 2.45) is 0 Å². The topological polar surface area (TPSA) is 167 Å². The van der Waals surface area contributed by atoms with E-state index in [4.69, 9.17) is 11.6 Å². The van der Waals surface area contributed by atoms with Crippen LogP contribution < -0.4 is 25.5 Å². The monoisotopic (exact) mass is 1290 g/mol. The number of rotatable bonds is 5. The number of carbonyl (C=O) groups excluding carboxylic acids is 4. The highest BCUT2D eigenvalue weighted by molar-refractivity contribution is 6.29. The Kier molecular flexibility index (Phi) is 21.0. The van der Waals surface area contributed by atoms with Crippen LogP contribution in [-0.2, 0) is 19.2 Å². The molecule has 1 atom stereocenters. The molecule has 480 valence electrons. The van der Waals surface area contributed by atoms with Gasteiger partial charge in [-0.2, -0.15) is 0 Å². The predicted octanol–water partition coefficient (Wildman–Crippen LogP) is 11.5. The largest absolute Gasteiger partial charge is 0.273 e. The summed E-state index contributed by atoms with van der Waals surface area (Å²) in [4.78, 5) is 70.2. The fraction of sp³-hybridized carbons (Fsp3) is 0.267. The molecule has 1 N–H and O–H groups in total. The van der Waals surface area contributed by atoms with Gasteiger partial charge in [0.2, 0.25) is 23.6 Å². The summed E-state index contributed by atoms with van der Waals surface area (Å²) < 4.78 is 26.6. The second kappa shape index (κ2) is 29.6. The minimum Gasteiger partial charge on any atom is -0.273 e. The molecule has 0 aliphatic carbocycles. The standard InChI is InChI=1S/C20H21N3O.C19H17N3O.C18H17ClN4O.C18H15F2N3O/c1-4-22-20(2,3)14-19(24)23(22)18-13-12-17(15-21-18)11-10-16-8-6-5-7-9-16;23-19-13-17-7-4-12-21(17)22(19)18-11-10-16(14-20-18)9-8-15-5-2-1-3-6-15;1-18(2)11-17(24)23(22(18)3)16-7-6-14(12-21-16)5-4-13-8-9-20-15(19)10-13;1-18(2)10-17(24)23(22-18)16-8-4-12(11-21-16)3-5-13-9-14(19)6-7-15(13)20/h5-9,12-13,15H,4,14H2,1-3H3;1-3,5-6,10-11,14,17H,4,7,12-13H2;6-10,12H,11H2,1-3H3;4,6-9,11,22H,10H2,1-2H3. The molecule has 5 aromatic heterocycles. The number of halogens is 3. The van der Waals surface area contributed by atoms with Crippen LogP contribution in [0, 0.1) is 59.0 Å². The summed E-state index contributed by atoms with van der Waals surface area (Å²) in [6, 6.07) is 41.2. The van der Waals surface area contributed by atoms with Gasteiger partial charge in [0.05, 0.1) is 5.56 Å². The Labute approximate surface area is 558 Å². The lowest BCUT2D eigenvalue weighted by molar-refractivity contribution is -0.118. The Hall–Kier alpha value is -10.5. The fourth-order valence-electron chi connectivity index (χ4n) is 11.1. The van der Waals surface area contributed by atoms with E-state index in [1.807, 2.05) is 138 Å². The van der Waals surface area contributed by atoms with E-state index in [-0.39, 0.29) is 45.8 Å². The van der Waals surface area contributed by atoms with E-state index >= 15 is 0 Å². The van der Waals surface area contributed by atoms with Gasteiger partial charge in [0, 0.05) is 138 Å². The summed E-state index contributed by atoms with van der Waals surface area (Å²) in [5, 5.41) is 13.0. The first-order valence-corrected chi connectivity index (χ1v) is 31.4. The van der Waals surface area contributed by atoms with Crippen molar-refractivity contribution in [2.75, 3.05) is 40.2 Å². The maximum Gasteiger partial charge on any atom is 0.244 e. The molecular formula is C75H70ClF2N13O4. The van der Waals surface area contributed by atoms with Crippen LogP contribution in [0.1, 0.15) is 131 Å². The molecule has 8 aromatic rings. The molecule has 1 unspecified atom stereocenters. The summed E-state index contributed by atoms with van der Waals surface area (Å²) >= 11 is 5.84. The first-order chi connectivity index (χ1) is 45.5. The molecule has 0 bridgehead atoms. The summed E-state index contributed by atoms with van der Waals surface area (Å²) in [6.45, 7) is 15.8. The van der Waals surface area contributed by atoms with Gasteiger partial charge in [0.1, 0.15) is 40.1 Å². The summed E-state index contributed by atoms with van der Waals surface area (Å²) in [5.74, 6) is 25.3. The molecule has 3 aromatic carbocycles. The third-order valence-corrected chi connectivity index (χ3v) is 16.2. The zero-order chi connectivity index (χ0) is 67.4. The first-order valence-electron chi connectivity index (χ1n) is 31.0. The van der Waals surface area contributed by atoms with Gasteiger partial charge in [-0.05, 0) is 158 Å². The molecule has 20 heteroatoms. The zero-order valence-electron chi connectivity index (χ0n) is 54.0. The number of nitrogens with one attached hydrogen (secondary N) is 1. The van der Waals surface area contributed by atoms with Gasteiger partial charge in [0.15, 0.2) is 0 Å². The SMILES string of the molecule is CC1(C)CC(=O)N(c2ccc(C#Cc3cc(F)ccc3F)cn2)N1.CCN1N(c2ccc(C#Cc3ccccc3)cn2)C(=O)CC1(C)C.CN1N(c2ccc(C#Cc3ccnc(Cl)c3)cn2)C(=O)CC1(C)C.O=C1CC2CCCN2N1c1ccc(C#Cc2ccccc2)cn1. The van der Waals surface area contributed by atoms with Crippen molar-refractivity contribution in [3.05, 3.63) is 232 Å². The molecule has 17 nitrogen and oxygen atoms in total. The van der Waals surface area contributed by atoms with Crippen LogP contribution >= 0.6 is 11.6 Å².